The first-order valence-corrected chi connectivity index (χ1v) is 7.15. The van der Waals surface area contributed by atoms with Gasteiger partial charge in [-0.25, -0.2) is 0 Å². The highest BCUT2D eigenvalue weighted by molar-refractivity contribution is 6.17. The quantitative estimate of drug-likeness (QED) is 0.438. The standard InChI is InChI=1S/C17H16ClNO3/c1-19-15-8-17(16(21-2)7-14(15)10-20)22-11-13-5-3-4-12(6-13)9-18/h3-8,10H,1,9,11H2,2H3. The Morgan fingerprint density at radius 3 is 2.64 bits per heavy atom. The molecule has 0 aliphatic heterocycles. The predicted octanol–water partition coefficient (Wildman–Crippen LogP) is 4.16. The number of hydrogen-bond acceptors (Lipinski definition) is 4. The average molecular weight is 318 g/mol. The molecule has 2 rings (SSSR count). The van der Waals surface area contributed by atoms with Gasteiger partial charge in [0.05, 0.1) is 12.8 Å². The van der Waals surface area contributed by atoms with Crippen molar-refractivity contribution in [2.24, 2.45) is 4.99 Å². The van der Waals surface area contributed by atoms with Crippen molar-refractivity contribution in [1.82, 2.24) is 0 Å². The van der Waals surface area contributed by atoms with Crippen LogP contribution in [0.3, 0.4) is 0 Å². The number of aldehydes is 1. The summed E-state index contributed by atoms with van der Waals surface area (Å²) in [5.74, 6) is 1.44. The van der Waals surface area contributed by atoms with Crippen LogP contribution in [0.25, 0.3) is 0 Å². The molecule has 0 bridgehead atoms. The third-order valence-electron chi connectivity index (χ3n) is 3.15. The molecule has 0 atom stereocenters. The second-order valence-electron chi connectivity index (χ2n) is 4.58. The van der Waals surface area contributed by atoms with Crippen LogP contribution in [-0.2, 0) is 12.5 Å². The summed E-state index contributed by atoms with van der Waals surface area (Å²) in [6.07, 6.45) is 0.709. The van der Waals surface area contributed by atoms with Gasteiger partial charge in [-0.2, -0.15) is 0 Å². The number of nitrogens with zero attached hydrogens (tertiary/aromatic N) is 1. The van der Waals surface area contributed by atoms with Gasteiger partial charge in [-0.1, -0.05) is 24.3 Å². The van der Waals surface area contributed by atoms with Gasteiger partial charge in [0.2, 0.25) is 0 Å². The molecule has 0 saturated carbocycles. The lowest BCUT2D eigenvalue weighted by molar-refractivity contribution is 0.112. The van der Waals surface area contributed by atoms with Crippen molar-refractivity contribution in [1.29, 1.82) is 0 Å². The fourth-order valence-corrected chi connectivity index (χ4v) is 2.20. The first kappa shape index (κ1) is 16.0. The van der Waals surface area contributed by atoms with E-state index in [4.69, 9.17) is 21.1 Å². The Balaban J connectivity index is 2.24. The number of methoxy groups -OCH3 is 1. The minimum absolute atomic E-state index is 0.359. The maximum atomic E-state index is 11.0. The summed E-state index contributed by atoms with van der Waals surface area (Å²) in [7, 11) is 1.52. The molecule has 0 spiro atoms. The first-order valence-electron chi connectivity index (χ1n) is 6.62. The zero-order valence-electron chi connectivity index (χ0n) is 12.2. The van der Waals surface area contributed by atoms with Gasteiger partial charge in [-0.05, 0) is 23.9 Å². The van der Waals surface area contributed by atoms with E-state index >= 15 is 0 Å². The second-order valence-corrected chi connectivity index (χ2v) is 4.85. The van der Waals surface area contributed by atoms with Gasteiger partial charge in [-0.15, -0.1) is 11.6 Å². The Labute approximate surface area is 134 Å². The molecule has 22 heavy (non-hydrogen) atoms. The Morgan fingerprint density at radius 2 is 2.00 bits per heavy atom. The number of aliphatic imine (C=N–C) groups is 1. The van der Waals surface area contributed by atoms with Gasteiger partial charge in [0, 0.05) is 17.5 Å². The number of alkyl halides is 1. The van der Waals surface area contributed by atoms with E-state index in [1.54, 1.807) is 12.1 Å². The molecule has 2 aromatic carbocycles. The van der Waals surface area contributed by atoms with Crippen molar-refractivity contribution in [3.8, 4) is 11.5 Å². The van der Waals surface area contributed by atoms with Crippen LogP contribution in [-0.4, -0.2) is 20.1 Å². The molecule has 0 amide bonds. The largest absolute Gasteiger partial charge is 0.493 e. The summed E-state index contributed by atoms with van der Waals surface area (Å²) in [5.41, 5.74) is 2.89. The van der Waals surface area contributed by atoms with Gasteiger partial charge in [0.1, 0.15) is 6.61 Å². The van der Waals surface area contributed by atoms with Gasteiger partial charge >= 0.3 is 0 Å². The molecule has 0 N–H and O–H groups in total. The van der Waals surface area contributed by atoms with Crippen molar-refractivity contribution in [2.45, 2.75) is 12.5 Å². The van der Waals surface area contributed by atoms with Crippen LogP contribution in [0.1, 0.15) is 21.5 Å². The van der Waals surface area contributed by atoms with Crippen LogP contribution in [0.2, 0.25) is 0 Å². The van der Waals surface area contributed by atoms with Crippen molar-refractivity contribution in [3.05, 3.63) is 53.1 Å². The molecule has 4 nitrogen and oxygen atoms in total. The summed E-state index contributed by atoms with van der Waals surface area (Å²) in [5, 5.41) is 0. The number of rotatable bonds is 7. The van der Waals surface area contributed by atoms with Crippen molar-refractivity contribution >= 4 is 30.3 Å². The van der Waals surface area contributed by atoms with Crippen LogP contribution in [0.15, 0.2) is 41.4 Å². The van der Waals surface area contributed by atoms with Crippen LogP contribution < -0.4 is 9.47 Å². The molecule has 0 aliphatic rings. The van der Waals surface area contributed by atoms with Gasteiger partial charge in [-0.3, -0.25) is 9.79 Å². The lowest BCUT2D eigenvalue weighted by Crippen LogP contribution is -1.99. The molecular formula is C17H16ClNO3. The molecule has 0 saturated heterocycles. The van der Waals surface area contributed by atoms with E-state index in [0.29, 0.717) is 41.5 Å². The van der Waals surface area contributed by atoms with Gasteiger partial charge in [0.15, 0.2) is 17.8 Å². The summed E-state index contributed by atoms with van der Waals surface area (Å²) >= 11 is 5.82. The van der Waals surface area contributed by atoms with Crippen molar-refractivity contribution in [3.63, 3.8) is 0 Å². The first-order chi connectivity index (χ1) is 10.7. The number of hydrogen-bond donors (Lipinski definition) is 0. The number of ether oxygens (including phenoxy) is 2. The highest BCUT2D eigenvalue weighted by Gasteiger charge is 2.11. The molecule has 0 heterocycles. The topological polar surface area (TPSA) is 47.9 Å². The summed E-state index contributed by atoms with van der Waals surface area (Å²) in [6, 6.07) is 11.0. The molecular weight excluding hydrogens is 302 g/mol. The van der Waals surface area contributed by atoms with Crippen LogP contribution in [0.4, 0.5) is 5.69 Å². The third kappa shape index (κ3) is 3.65. The molecule has 114 valence electrons. The summed E-state index contributed by atoms with van der Waals surface area (Å²) < 4.78 is 11.0. The highest BCUT2D eigenvalue weighted by atomic mass is 35.5. The smallest absolute Gasteiger partial charge is 0.163 e. The number of benzene rings is 2. The Kier molecular flexibility index (Phi) is 5.55. The molecule has 2 aromatic rings. The van der Waals surface area contributed by atoms with Crippen LogP contribution in [0, 0.1) is 0 Å². The normalized spacial score (nSPS) is 10.1. The third-order valence-corrected chi connectivity index (χ3v) is 3.46. The highest BCUT2D eigenvalue weighted by Crippen LogP contribution is 2.34. The van der Waals surface area contributed by atoms with Gasteiger partial charge in [0.25, 0.3) is 0 Å². The lowest BCUT2D eigenvalue weighted by Gasteiger charge is -2.13. The minimum Gasteiger partial charge on any atom is -0.493 e. The van der Waals surface area contributed by atoms with E-state index in [2.05, 4.69) is 11.7 Å². The monoisotopic (exact) mass is 317 g/mol. The van der Waals surface area contributed by atoms with Crippen molar-refractivity contribution < 1.29 is 14.3 Å². The zero-order valence-corrected chi connectivity index (χ0v) is 13.0. The van der Waals surface area contributed by atoms with E-state index in [0.717, 1.165) is 11.1 Å². The Hall–Kier alpha value is -2.33. The van der Waals surface area contributed by atoms with E-state index in [9.17, 15) is 4.79 Å². The number of carbonyl (C=O) groups excluding carboxylic acids is 1. The maximum Gasteiger partial charge on any atom is 0.163 e. The molecule has 5 heteroatoms. The minimum atomic E-state index is 0.359. The lowest BCUT2D eigenvalue weighted by atomic mass is 10.1. The van der Waals surface area contributed by atoms with Gasteiger partial charge < -0.3 is 9.47 Å². The average Bonchev–Trinajstić information content (AvgIpc) is 2.59. The second kappa shape index (κ2) is 7.61. The Morgan fingerprint density at radius 1 is 1.23 bits per heavy atom. The summed E-state index contributed by atoms with van der Waals surface area (Å²) in [4.78, 5) is 14.8. The van der Waals surface area contributed by atoms with E-state index < -0.39 is 0 Å². The number of carbonyl (C=O) groups is 1. The molecule has 0 aromatic heterocycles. The SMILES string of the molecule is C=Nc1cc(OCc2cccc(CCl)c2)c(OC)cc1C=O. The fourth-order valence-electron chi connectivity index (χ4n) is 2.03. The molecule has 0 unspecified atom stereocenters. The fraction of sp³-hybridized carbons (Fsp3) is 0.176. The molecule has 0 aliphatic carbocycles. The number of halogens is 1. The maximum absolute atomic E-state index is 11.0. The Bertz CT molecular complexity index is 686. The molecule has 0 fully saturated rings. The summed E-state index contributed by atoms with van der Waals surface area (Å²) in [6.45, 7) is 3.82. The van der Waals surface area contributed by atoms with E-state index in [1.165, 1.54) is 7.11 Å². The van der Waals surface area contributed by atoms with E-state index in [-0.39, 0.29) is 0 Å². The van der Waals surface area contributed by atoms with E-state index in [1.807, 2.05) is 24.3 Å². The van der Waals surface area contributed by atoms with Crippen molar-refractivity contribution in [2.75, 3.05) is 7.11 Å². The van der Waals surface area contributed by atoms with Crippen LogP contribution >= 0.6 is 11.6 Å². The zero-order chi connectivity index (χ0) is 15.9. The molecule has 0 radical (unpaired) electrons. The van der Waals surface area contributed by atoms with Crippen LogP contribution in [0.5, 0.6) is 11.5 Å². The predicted molar refractivity (Wildman–Crippen MR) is 87.9 cm³/mol.